The lowest BCUT2D eigenvalue weighted by Gasteiger charge is -2.04. The molecule has 0 amide bonds. The summed E-state index contributed by atoms with van der Waals surface area (Å²) >= 11 is 1.17. The van der Waals surface area contributed by atoms with E-state index in [4.69, 9.17) is 0 Å². The second kappa shape index (κ2) is 5.45. The number of anilines is 2. The summed E-state index contributed by atoms with van der Waals surface area (Å²) < 4.78 is 40.9. The van der Waals surface area contributed by atoms with E-state index in [-0.39, 0.29) is 0 Å². The molecule has 25 heavy (non-hydrogen) atoms. The van der Waals surface area contributed by atoms with Crippen LogP contribution in [0.5, 0.6) is 0 Å². The van der Waals surface area contributed by atoms with E-state index in [0.717, 1.165) is 28.7 Å². The number of halogens is 3. The summed E-state index contributed by atoms with van der Waals surface area (Å²) in [4.78, 5) is 8.88. The second-order valence-electron chi connectivity index (χ2n) is 5.81. The van der Waals surface area contributed by atoms with Gasteiger partial charge >= 0.3 is 6.18 Å². The Morgan fingerprint density at radius 3 is 2.60 bits per heavy atom. The quantitative estimate of drug-likeness (QED) is 0.529. The van der Waals surface area contributed by atoms with Crippen LogP contribution in [0.2, 0.25) is 0 Å². The molecule has 128 valence electrons. The molecule has 0 aliphatic rings. The van der Waals surface area contributed by atoms with Crippen molar-refractivity contribution in [2.24, 2.45) is 7.05 Å². The fraction of sp³-hybridized carbons (Fsp3) is 0.176. The van der Waals surface area contributed by atoms with Crippen LogP contribution >= 0.6 is 11.3 Å². The molecule has 0 saturated heterocycles. The summed E-state index contributed by atoms with van der Waals surface area (Å²) in [6.45, 7) is 1.99. The zero-order valence-corrected chi connectivity index (χ0v) is 14.2. The van der Waals surface area contributed by atoms with E-state index in [1.54, 1.807) is 0 Å². The molecule has 0 spiro atoms. The van der Waals surface area contributed by atoms with Crippen LogP contribution in [-0.2, 0) is 13.2 Å². The molecule has 0 bridgehead atoms. The highest BCUT2D eigenvalue weighted by Crippen LogP contribution is 2.35. The van der Waals surface area contributed by atoms with E-state index in [1.807, 2.05) is 36.7 Å². The van der Waals surface area contributed by atoms with Gasteiger partial charge in [0.1, 0.15) is 0 Å². The molecule has 2 heterocycles. The van der Waals surface area contributed by atoms with E-state index < -0.39 is 11.7 Å². The Labute approximate surface area is 144 Å². The van der Waals surface area contributed by atoms with E-state index in [1.165, 1.54) is 17.4 Å². The van der Waals surface area contributed by atoms with Crippen molar-refractivity contribution >= 4 is 43.7 Å². The lowest BCUT2D eigenvalue weighted by Crippen LogP contribution is -2.03. The molecule has 4 nitrogen and oxygen atoms in total. The monoisotopic (exact) mass is 362 g/mol. The van der Waals surface area contributed by atoms with Crippen molar-refractivity contribution in [2.45, 2.75) is 13.1 Å². The lowest BCUT2D eigenvalue weighted by atomic mass is 10.2. The van der Waals surface area contributed by atoms with Gasteiger partial charge in [0, 0.05) is 7.05 Å². The van der Waals surface area contributed by atoms with Gasteiger partial charge in [-0.25, -0.2) is 9.97 Å². The van der Waals surface area contributed by atoms with E-state index in [0.29, 0.717) is 21.3 Å². The van der Waals surface area contributed by atoms with E-state index in [2.05, 4.69) is 15.3 Å². The SMILES string of the molecule is Cc1ccc2c(c1)nc(Nc1nc3ccc(C(F)(F)F)cc3s1)n2C. The Morgan fingerprint density at radius 2 is 1.84 bits per heavy atom. The van der Waals surface area contributed by atoms with Crippen molar-refractivity contribution in [3.63, 3.8) is 0 Å². The number of aryl methyl sites for hydroxylation is 2. The van der Waals surface area contributed by atoms with Crippen molar-refractivity contribution < 1.29 is 13.2 Å². The van der Waals surface area contributed by atoms with Crippen molar-refractivity contribution in [3.05, 3.63) is 47.5 Å². The molecular formula is C17H13F3N4S. The van der Waals surface area contributed by atoms with Crippen LogP contribution in [-0.4, -0.2) is 14.5 Å². The third-order valence-electron chi connectivity index (χ3n) is 3.97. The first-order valence-electron chi connectivity index (χ1n) is 7.49. The minimum absolute atomic E-state index is 0.479. The number of aromatic nitrogens is 3. The van der Waals surface area contributed by atoms with Gasteiger partial charge in [0.15, 0.2) is 5.13 Å². The number of nitrogens with zero attached hydrogens (tertiary/aromatic N) is 3. The molecule has 0 aliphatic carbocycles. The van der Waals surface area contributed by atoms with Crippen molar-refractivity contribution in [1.29, 1.82) is 0 Å². The van der Waals surface area contributed by atoms with Crippen molar-refractivity contribution in [1.82, 2.24) is 14.5 Å². The fourth-order valence-corrected chi connectivity index (χ4v) is 3.57. The molecule has 0 fully saturated rings. The van der Waals surface area contributed by atoms with Gasteiger partial charge < -0.3 is 9.88 Å². The maximum absolute atomic E-state index is 12.8. The Kier molecular flexibility index (Phi) is 3.47. The maximum Gasteiger partial charge on any atom is 0.416 e. The molecule has 0 atom stereocenters. The molecule has 1 N–H and O–H groups in total. The summed E-state index contributed by atoms with van der Waals surface area (Å²) in [5.41, 5.74) is 2.78. The molecule has 2 aromatic heterocycles. The lowest BCUT2D eigenvalue weighted by molar-refractivity contribution is -0.137. The first-order valence-corrected chi connectivity index (χ1v) is 8.31. The van der Waals surface area contributed by atoms with Crippen molar-refractivity contribution in [2.75, 3.05) is 5.32 Å². The molecule has 2 aromatic carbocycles. The summed E-state index contributed by atoms with van der Waals surface area (Å²) in [5, 5.41) is 3.61. The average molecular weight is 362 g/mol. The first kappa shape index (κ1) is 15.9. The Hall–Kier alpha value is -2.61. The minimum atomic E-state index is -4.36. The summed E-state index contributed by atoms with van der Waals surface area (Å²) in [5.74, 6) is 0.593. The predicted octanol–water partition coefficient (Wildman–Crippen LogP) is 5.25. The number of nitrogens with one attached hydrogen (secondary N) is 1. The van der Waals surface area contributed by atoms with Crippen LogP contribution in [0.25, 0.3) is 21.3 Å². The van der Waals surface area contributed by atoms with Crippen LogP contribution in [0.3, 0.4) is 0 Å². The Balaban J connectivity index is 1.72. The molecule has 8 heteroatoms. The van der Waals surface area contributed by atoms with Crippen LogP contribution in [0, 0.1) is 6.92 Å². The number of alkyl halides is 3. The number of benzene rings is 2. The number of fused-ring (bicyclic) bond motifs is 2. The molecule has 0 aliphatic heterocycles. The predicted molar refractivity (Wildman–Crippen MR) is 93.4 cm³/mol. The van der Waals surface area contributed by atoms with Crippen LogP contribution in [0.15, 0.2) is 36.4 Å². The fourth-order valence-electron chi connectivity index (χ4n) is 2.67. The largest absolute Gasteiger partial charge is 0.416 e. The maximum atomic E-state index is 12.8. The third kappa shape index (κ3) is 2.82. The van der Waals surface area contributed by atoms with Gasteiger partial charge in [-0.15, -0.1) is 0 Å². The highest BCUT2D eigenvalue weighted by Gasteiger charge is 2.30. The Bertz CT molecular complexity index is 1090. The van der Waals surface area contributed by atoms with E-state index in [9.17, 15) is 13.2 Å². The van der Waals surface area contributed by atoms with Crippen LogP contribution in [0.4, 0.5) is 24.3 Å². The second-order valence-corrected chi connectivity index (χ2v) is 6.84. The molecule has 0 unspecified atom stereocenters. The van der Waals surface area contributed by atoms with Crippen LogP contribution in [0.1, 0.15) is 11.1 Å². The summed E-state index contributed by atoms with van der Waals surface area (Å²) in [6.07, 6.45) is -4.36. The number of thiazole rings is 1. The number of rotatable bonds is 2. The van der Waals surface area contributed by atoms with Gasteiger partial charge in [-0.2, -0.15) is 13.2 Å². The average Bonchev–Trinajstić information content (AvgIpc) is 3.07. The standard InChI is InChI=1S/C17H13F3N4S/c1-9-3-6-13-12(7-9)21-15(24(13)2)23-16-22-11-5-4-10(17(18,19)20)8-14(11)25-16/h3-8H,1-2H3,(H,21,22,23). The molecule has 0 radical (unpaired) electrons. The summed E-state index contributed by atoms with van der Waals surface area (Å²) in [6, 6.07) is 9.52. The van der Waals surface area contributed by atoms with Gasteiger partial charge in [-0.05, 0) is 42.8 Å². The summed E-state index contributed by atoms with van der Waals surface area (Å²) in [7, 11) is 1.88. The zero-order valence-electron chi connectivity index (χ0n) is 13.3. The van der Waals surface area contributed by atoms with Crippen molar-refractivity contribution in [3.8, 4) is 0 Å². The molecule has 0 saturated carbocycles. The smallest absolute Gasteiger partial charge is 0.313 e. The zero-order chi connectivity index (χ0) is 17.8. The van der Waals surface area contributed by atoms with Gasteiger partial charge in [-0.3, -0.25) is 0 Å². The normalized spacial score (nSPS) is 12.2. The highest BCUT2D eigenvalue weighted by atomic mass is 32.1. The van der Waals surface area contributed by atoms with E-state index >= 15 is 0 Å². The van der Waals surface area contributed by atoms with Crippen LogP contribution < -0.4 is 5.32 Å². The number of hydrogen-bond donors (Lipinski definition) is 1. The van der Waals surface area contributed by atoms with Gasteiger partial charge in [0.25, 0.3) is 0 Å². The van der Waals surface area contributed by atoms with Gasteiger partial charge in [-0.1, -0.05) is 17.4 Å². The Morgan fingerprint density at radius 1 is 1.04 bits per heavy atom. The van der Waals surface area contributed by atoms with Gasteiger partial charge in [0.05, 0.1) is 26.8 Å². The molecule has 4 rings (SSSR count). The molecule has 4 aromatic rings. The molecular weight excluding hydrogens is 349 g/mol. The number of imidazole rings is 1. The third-order valence-corrected chi connectivity index (χ3v) is 4.90. The number of hydrogen-bond acceptors (Lipinski definition) is 4. The minimum Gasteiger partial charge on any atom is -0.313 e. The first-order chi connectivity index (χ1) is 11.8. The topological polar surface area (TPSA) is 42.7 Å². The highest BCUT2D eigenvalue weighted by molar-refractivity contribution is 7.22. The van der Waals surface area contributed by atoms with Gasteiger partial charge in [0.2, 0.25) is 5.95 Å².